The zero-order valence-corrected chi connectivity index (χ0v) is 14.6. The molecule has 1 fully saturated rings. The average molecular weight is 344 g/mol. The van der Waals surface area contributed by atoms with E-state index in [-0.39, 0.29) is 29.0 Å². The molecule has 25 heavy (non-hydrogen) atoms. The summed E-state index contributed by atoms with van der Waals surface area (Å²) in [6, 6.07) is 3.05. The van der Waals surface area contributed by atoms with Crippen LogP contribution in [0.15, 0.2) is 29.3 Å². The van der Waals surface area contributed by atoms with Crippen molar-refractivity contribution in [2.24, 2.45) is 5.92 Å². The van der Waals surface area contributed by atoms with E-state index in [9.17, 15) is 9.59 Å². The molecule has 2 N–H and O–H groups in total. The lowest BCUT2D eigenvalue weighted by Gasteiger charge is -2.30. The van der Waals surface area contributed by atoms with E-state index in [0.29, 0.717) is 13.2 Å². The molecule has 1 aliphatic heterocycles. The highest BCUT2D eigenvalue weighted by molar-refractivity contribution is 5.94. The van der Waals surface area contributed by atoms with Crippen molar-refractivity contribution < 1.29 is 9.53 Å². The van der Waals surface area contributed by atoms with Gasteiger partial charge in [-0.25, -0.2) is 4.98 Å². The number of imidazole rings is 1. The van der Waals surface area contributed by atoms with E-state index in [1.165, 1.54) is 0 Å². The third kappa shape index (κ3) is 3.82. The van der Waals surface area contributed by atoms with Crippen LogP contribution < -0.4 is 10.9 Å². The summed E-state index contributed by atoms with van der Waals surface area (Å²) < 4.78 is 7.48. The molecule has 0 aliphatic carbocycles. The standard InChI is InChI=1S/C18H24N4O3/c1-3-22-9-8-19-16(22)15(13-6-10-25-11-7-13)21-18(24)14-5-4-12(2)20-17(14)23/h4-5,8-9,13,15H,3,6-7,10-11H2,1-2H3,(H,20,23)(H,21,24)/t15-/m1/s1. The lowest BCUT2D eigenvalue weighted by Crippen LogP contribution is -2.39. The van der Waals surface area contributed by atoms with E-state index in [1.807, 2.05) is 17.7 Å². The Morgan fingerprint density at radius 1 is 1.44 bits per heavy atom. The molecule has 134 valence electrons. The summed E-state index contributed by atoms with van der Waals surface area (Å²) in [6.45, 7) is 5.95. The second kappa shape index (κ2) is 7.65. The monoisotopic (exact) mass is 344 g/mol. The van der Waals surface area contributed by atoms with E-state index in [0.717, 1.165) is 30.9 Å². The molecule has 0 unspecified atom stereocenters. The van der Waals surface area contributed by atoms with Crippen LogP contribution >= 0.6 is 0 Å². The molecule has 0 saturated carbocycles. The van der Waals surface area contributed by atoms with Gasteiger partial charge in [-0.3, -0.25) is 9.59 Å². The van der Waals surface area contributed by atoms with Gasteiger partial charge in [-0.15, -0.1) is 0 Å². The molecule has 0 radical (unpaired) electrons. The minimum Gasteiger partial charge on any atom is -0.381 e. The molecule has 0 spiro atoms. The summed E-state index contributed by atoms with van der Waals surface area (Å²) >= 11 is 0. The van der Waals surface area contributed by atoms with Crippen LogP contribution in [-0.4, -0.2) is 33.7 Å². The zero-order valence-electron chi connectivity index (χ0n) is 14.6. The van der Waals surface area contributed by atoms with Gasteiger partial charge in [0.1, 0.15) is 11.4 Å². The molecular weight excluding hydrogens is 320 g/mol. The number of hydrogen-bond acceptors (Lipinski definition) is 4. The van der Waals surface area contributed by atoms with Crippen LogP contribution in [0.25, 0.3) is 0 Å². The van der Waals surface area contributed by atoms with Crippen LogP contribution in [0.5, 0.6) is 0 Å². The number of carbonyl (C=O) groups is 1. The highest BCUT2D eigenvalue weighted by atomic mass is 16.5. The number of aromatic nitrogens is 3. The number of pyridine rings is 1. The number of aryl methyl sites for hydroxylation is 2. The number of nitrogens with zero attached hydrogens (tertiary/aromatic N) is 2. The number of H-pyrrole nitrogens is 1. The molecule has 1 saturated heterocycles. The zero-order chi connectivity index (χ0) is 17.8. The molecule has 1 aliphatic rings. The maximum atomic E-state index is 12.7. The van der Waals surface area contributed by atoms with Gasteiger partial charge in [0.25, 0.3) is 11.5 Å². The Morgan fingerprint density at radius 2 is 2.20 bits per heavy atom. The van der Waals surface area contributed by atoms with Gasteiger partial charge in [0.15, 0.2) is 0 Å². The van der Waals surface area contributed by atoms with Gasteiger partial charge in [0.05, 0.1) is 6.04 Å². The Kier molecular flexibility index (Phi) is 5.33. The first-order chi connectivity index (χ1) is 12.1. The fourth-order valence-corrected chi connectivity index (χ4v) is 3.28. The van der Waals surface area contributed by atoms with Crippen molar-refractivity contribution in [2.45, 2.75) is 39.3 Å². The van der Waals surface area contributed by atoms with Crippen LogP contribution in [0.3, 0.4) is 0 Å². The van der Waals surface area contributed by atoms with Crippen molar-refractivity contribution in [3.63, 3.8) is 0 Å². The number of hydrogen-bond donors (Lipinski definition) is 2. The van der Waals surface area contributed by atoms with Gasteiger partial charge < -0.3 is 19.6 Å². The number of ether oxygens (including phenoxy) is 1. The topological polar surface area (TPSA) is 89.0 Å². The van der Waals surface area contributed by atoms with Crippen molar-refractivity contribution in [2.75, 3.05) is 13.2 Å². The summed E-state index contributed by atoms with van der Waals surface area (Å²) in [6.07, 6.45) is 5.36. The van der Waals surface area contributed by atoms with Crippen molar-refractivity contribution in [3.8, 4) is 0 Å². The van der Waals surface area contributed by atoms with Gasteiger partial charge in [-0.2, -0.15) is 0 Å². The van der Waals surface area contributed by atoms with E-state index in [2.05, 4.69) is 15.3 Å². The summed E-state index contributed by atoms with van der Waals surface area (Å²) in [5.41, 5.74) is 0.475. The van der Waals surface area contributed by atoms with Gasteiger partial charge in [0.2, 0.25) is 0 Å². The number of carbonyl (C=O) groups excluding carboxylic acids is 1. The smallest absolute Gasteiger partial charge is 0.260 e. The SMILES string of the molecule is CCn1ccnc1[C@H](NC(=O)c1ccc(C)[nH]c1=O)C1CCOCC1. The summed E-state index contributed by atoms with van der Waals surface area (Å²) in [5, 5.41) is 3.04. The summed E-state index contributed by atoms with van der Waals surface area (Å²) in [7, 11) is 0. The molecule has 0 bridgehead atoms. The van der Waals surface area contributed by atoms with Gasteiger partial charge in [-0.05, 0) is 44.7 Å². The van der Waals surface area contributed by atoms with E-state index < -0.39 is 0 Å². The average Bonchev–Trinajstić information content (AvgIpc) is 3.08. The minimum atomic E-state index is -0.373. The molecular formula is C18H24N4O3. The van der Waals surface area contributed by atoms with Crippen molar-refractivity contribution in [1.29, 1.82) is 0 Å². The van der Waals surface area contributed by atoms with E-state index >= 15 is 0 Å². The largest absolute Gasteiger partial charge is 0.381 e. The first kappa shape index (κ1) is 17.4. The Morgan fingerprint density at radius 3 is 2.88 bits per heavy atom. The summed E-state index contributed by atoms with van der Waals surface area (Å²) in [5.74, 6) is 0.685. The van der Waals surface area contributed by atoms with Crippen molar-refractivity contribution in [1.82, 2.24) is 19.9 Å². The van der Waals surface area contributed by atoms with E-state index in [1.54, 1.807) is 25.3 Å². The second-order valence-electron chi connectivity index (χ2n) is 6.36. The second-order valence-corrected chi connectivity index (χ2v) is 6.36. The third-order valence-corrected chi connectivity index (χ3v) is 4.69. The lowest BCUT2D eigenvalue weighted by molar-refractivity contribution is 0.0498. The molecule has 0 aromatic carbocycles. The van der Waals surface area contributed by atoms with Crippen LogP contribution in [0.2, 0.25) is 0 Å². The maximum Gasteiger partial charge on any atom is 0.260 e. The van der Waals surface area contributed by atoms with Gasteiger partial charge in [0, 0.05) is 37.8 Å². The Balaban J connectivity index is 1.89. The Bertz CT molecular complexity index is 790. The molecule has 2 aromatic heterocycles. The predicted octanol–water partition coefficient (Wildman–Crippen LogP) is 1.80. The predicted molar refractivity (Wildman–Crippen MR) is 93.5 cm³/mol. The first-order valence-corrected chi connectivity index (χ1v) is 8.69. The van der Waals surface area contributed by atoms with Crippen molar-refractivity contribution in [3.05, 3.63) is 52.0 Å². The molecule has 3 heterocycles. The molecule has 7 nitrogen and oxygen atoms in total. The number of rotatable bonds is 5. The van der Waals surface area contributed by atoms with Gasteiger partial charge >= 0.3 is 0 Å². The Labute approximate surface area is 146 Å². The van der Waals surface area contributed by atoms with Crippen molar-refractivity contribution >= 4 is 5.91 Å². The molecule has 3 rings (SSSR count). The fraction of sp³-hybridized carbons (Fsp3) is 0.500. The minimum absolute atomic E-state index is 0.122. The lowest BCUT2D eigenvalue weighted by atomic mass is 9.90. The van der Waals surface area contributed by atoms with Crippen LogP contribution in [-0.2, 0) is 11.3 Å². The molecule has 7 heteroatoms. The number of amides is 1. The summed E-state index contributed by atoms with van der Waals surface area (Å²) in [4.78, 5) is 32.0. The highest BCUT2D eigenvalue weighted by Gasteiger charge is 2.30. The maximum absolute atomic E-state index is 12.7. The quantitative estimate of drug-likeness (QED) is 0.865. The highest BCUT2D eigenvalue weighted by Crippen LogP contribution is 2.29. The molecule has 1 amide bonds. The Hall–Kier alpha value is -2.41. The van der Waals surface area contributed by atoms with Crippen LogP contribution in [0.4, 0.5) is 0 Å². The molecule has 1 atom stereocenters. The molecule has 2 aromatic rings. The number of aromatic amines is 1. The fourth-order valence-electron chi connectivity index (χ4n) is 3.28. The third-order valence-electron chi connectivity index (χ3n) is 4.69. The number of nitrogens with one attached hydrogen (secondary N) is 2. The van der Waals surface area contributed by atoms with Crippen LogP contribution in [0, 0.1) is 12.8 Å². The van der Waals surface area contributed by atoms with Crippen LogP contribution in [0.1, 0.15) is 47.7 Å². The van der Waals surface area contributed by atoms with E-state index in [4.69, 9.17) is 4.74 Å². The first-order valence-electron chi connectivity index (χ1n) is 8.69. The van der Waals surface area contributed by atoms with Gasteiger partial charge in [-0.1, -0.05) is 0 Å². The normalized spacial score (nSPS) is 16.6.